The number of hydrogen-bond acceptors (Lipinski definition) is 6. The van der Waals surface area contributed by atoms with E-state index in [0.29, 0.717) is 0 Å². The van der Waals surface area contributed by atoms with Crippen molar-refractivity contribution >= 4 is 0 Å². The number of aliphatic hydroxyl groups is 2. The van der Waals surface area contributed by atoms with Crippen molar-refractivity contribution in [2.45, 2.75) is 36.3 Å². The van der Waals surface area contributed by atoms with Gasteiger partial charge in [0, 0.05) is 7.11 Å². The van der Waals surface area contributed by atoms with Gasteiger partial charge >= 0.3 is 0 Å². The van der Waals surface area contributed by atoms with E-state index in [1.54, 1.807) is 6.08 Å². The van der Waals surface area contributed by atoms with Crippen LogP contribution in [0, 0.1) is 0 Å². The Morgan fingerprint density at radius 1 is 0.857 bits per heavy atom. The SMILES string of the molecule is C=CCO[C@H](COC(c1ccccc1)(c1ccccc1)c1ccccc1)[C@@H]1O[C@@H](OC)[C@H](O)[C@H]1O. The Bertz CT molecular complexity index is 946. The van der Waals surface area contributed by atoms with Gasteiger partial charge in [0.15, 0.2) is 6.29 Å². The first-order valence-electron chi connectivity index (χ1n) is 11.7. The summed E-state index contributed by atoms with van der Waals surface area (Å²) in [7, 11) is 1.42. The number of rotatable bonds is 11. The van der Waals surface area contributed by atoms with E-state index in [-0.39, 0.29) is 13.2 Å². The number of methoxy groups -OCH3 is 1. The van der Waals surface area contributed by atoms with Crippen LogP contribution in [0.4, 0.5) is 0 Å². The summed E-state index contributed by atoms with van der Waals surface area (Å²) < 4.78 is 23.8. The molecule has 0 amide bonds. The molecule has 0 radical (unpaired) electrons. The van der Waals surface area contributed by atoms with Gasteiger partial charge in [-0.1, -0.05) is 97.1 Å². The van der Waals surface area contributed by atoms with Crippen LogP contribution in [0.3, 0.4) is 0 Å². The first kappa shape index (κ1) is 25.3. The lowest BCUT2D eigenvalue weighted by molar-refractivity contribution is -0.180. The number of ether oxygens (including phenoxy) is 4. The maximum Gasteiger partial charge on any atom is 0.186 e. The van der Waals surface area contributed by atoms with Crippen molar-refractivity contribution in [1.82, 2.24) is 0 Å². The highest BCUT2D eigenvalue weighted by Crippen LogP contribution is 2.41. The van der Waals surface area contributed by atoms with Gasteiger partial charge in [-0.15, -0.1) is 6.58 Å². The van der Waals surface area contributed by atoms with Crippen molar-refractivity contribution in [2.75, 3.05) is 20.3 Å². The minimum atomic E-state index is -1.20. The predicted molar refractivity (Wildman–Crippen MR) is 133 cm³/mol. The van der Waals surface area contributed by atoms with Gasteiger partial charge in [0.2, 0.25) is 0 Å². The van der Waals surface area contributed by atoms with Crippen LogP contribution in [-0.4, -0.2) is 61.2 Å². The molecule has 0 spiro atoms. The van der Waals surface area contributed by atoms with Gasteiger partial charge < -0.3 is 29.2 Å². The van der Waals surface area contributed by atoms with Crippen LogP contribution in [0.5, 0.6) is 0 Å². The van der Waals surface area contributed by atoms with Crippen LogP contribution >= 0.6 is 0 Å². The van der Waals surface area contributed by atoms with E-state index < -0.39 is 36.3 Å². The van der Waals surface area contributed by atoms with E-state index in [4.69, 9.17) is 18.9 Å². The van der Waals surface area contributed by atoms with Crippen LogP contribution in [0.15, 0.2) is 104 Å². The van der Waals surface area contributed by atoms with Crippen LogP contribution < -0.4 is 0 Å². The Labute approximate surface area is 206 Å². The zero-order valence-corrected chi connectivity index (χ0v) is 19.8. The fourth-order valence-electron chi connectivity index (χ4n) is 4.58. The highest BCUT2D eigenvalue weighted by atomic mass is 16.7. The quantitative estimate of drug-likeness (QED) is 0.325. The highest BCUT2D eigenvalue weighted by molar-refractivity contribution is 5.47. The fourth-order valence-corrected chi connectivity index (χ4v) is 4.58. The number of benzene rings is 3. The Hall–Kier alpha value is -2.84. The van der Waals surface area contributed by atoms with Crippen molar-refractivity contribution in [2.24, 2.45) is 0 Å². The molecular weight excluding hydrogens is 444 g/mol. The van der Waals surface area contributed by atoms with Gasteiger partial charge in [-0.05, 0) is 16.7 Å². The topological polar surface area (TPSA) is 77.4 Å². The molecule has 1 saturated heterocycles. The summed E-state index contributed by atoms with van der Waals surface area (Å²) in [4.78, 5) is 0. The summed E-state index contributed by atoms with van der Waals surface area (Å²) >= 11 is 0. The second-order valence-corrected chi connectivity index (χ2v) is 8.44. The summed E-state index contributed by atoms with van der Waals surface area (Å²) in [5.74, 6) is 0. The maximum absolute atomic E-state index is 10.7. The van der Waals surface area contributed by atoms with Gasteiger partial charge in [-0.2, -0.15) is 0 Å². The zero-order valence-electron chi connectivity index (χ0n) is 19.8. The number of hydrogen-bond donors (Lipinski definition) is 2. The molecular formula is C29H32O6. The molecule has 1 aliphatic heterocycles. The van der Waals surface area contributed by atoms with Gasteiger partial charge in [0.25, 0.3) is 0 Å². The Kier molecular flexibility index (Phi) is 8.46. The lowest BCUT2D eigenvalue weighted by atomic mass is 9.80. The summed E-state index contributed by atoms with van der Waals surface area (Å²) in [5, 5.41) is 21.0. The average molecular weight is 477 g/mol. The molecule has 35 heavy (non-hydrogen) atoms. The van der Waals surface area contributed by atoms with Crippen LogP contribution in [0.1, 0.15) is 16.7 Å². The van der Waals surface area contributed by atoms with E-state index in [1.165, 1.54) is 7.11 Å². The predicted octanol–water partition coefficient (Wildman–Crippen LogP) is 3.66. The normalized spacial score (nSPS) is 23.2. The minimum Gasteiger partial charge on any atom is -0.387 e. The third-order valence-corrected chi connectivity index (χ3v) is 6.29. The van der Waals surface area contributed by atoms with Crippen molar-refractivity contribution in [3.63, 3.8) is 0 Å². The molecule has 3 aromatic carbocycles. The van der Waals surface area contributed by atoms with E-state index in [2.05, 4.69) is 6.58 Å². The summed E-state index contributed by atoms with van der Waals surface area (Å²) in [6.07, 6.45) is -3.27. The fraction of sp³-hybridized carbons (Fsp3) is 0.310. The molecule has 4 rings (SSSR count). The lowest BCUT2D eigenvalue weighted by Crippen LogP contribution is -2.45. The van der Waals surface area contributed by atoms with E-state index in [9.17, 15) is 10.2 Å². The summed E-state index contributed by atoms with van der Waals surface area (Å²) in [6.45, 7) is 4.03. The van der Waals surface area contributed by atoms with E-state index in [1.807, 2.05) is 91.0 Å². The van der Waals surface area contributed by atoms with Crippen molar-refractivity contribution in [3.05, 3.63) is 120 Å². The van der Waals surface area contributed by atoms with E-state index in [0.717, 1.165) is 16.7 Å². The van der Waals surface area contributed by atoms with Gasteiger partial charge in [-0.3, -0.25) is 0 Å². The maximum atomic E-state index is 10.7. The second kappa shape index (κ2) is 11.7. The Morgan fingerprint density at radius 2 is 1.34 bits per heavy atom. The van der Waals surface area contributed by atoms with Crippen LogP contribution in [-0.2, 0) is 24.5 Å². The lowest BCUT2D eigenvalue weighted by Gasteiger charge is -2.38. The first-order valence-corrected chi connectivity index (χ1v) is 11.7. The molecule has 2 N–H and O–H groups in total. The van der Waals surface area contributed by atoms with Gasteiger partial charge in [-0.25, -0.2) is 0 Å². The molecule has 1 fully saturated rings. The third-order valence-electron chi connectivity index (χ3n) is 6.29. The average Bonchev–Trinajstić information content (AvgIpc) is 3.21. The minimum absolute atomic E-state index is 0.0669. The molecule has 0 saturated carbocycles. The third kappa shape index (κ3) is 5.23. The van der Waals surface area contributed by atoms with Crippen molar-refractivity contribution in [3.8, 4) is 0 Å². The summed E-state index contributed by atoms with van der Waals surface area (Å²) in [5.41, 5.74) is 1.88. The molecule has 6 heteroatoms. The molecule has 0 aromatic heterocycles. The van der Waals surface area contributed by atoms with Crippen molar-refractivity contribution in [1.29, 1.82) is 0 Å². The molecule has 0 bridgehead atoms. The van der Waals surface area contributed by atoms with Gasteiger partial charge in [0.1, 0.15) is 30.0 Å². The standard InChI is InChI=1S/C29H32O6/c1-3-19-33-24(27-25(30)26(31)28(32-2)35-27)20-34-29(21-13-7-4-8-14-21,22-15-9-5-10-16-22)23-17-11-6-12-18-23/h3-18,24-28,30-31H,1,19-20H2,2H3/t24-,25-,26-,27+,28-/m1/s1. The highest BCUT2D eigenvalue weighted by Gasteiger charge is 2.48. The first-order chi connectivity index (χ1) is 17.1. The second-order valence-electron chi connectivity index (χ2n) is 8.44. The molecule has 5 atom stereocenters. The monoisotopic (exact) mass is 476 g/mol. The van der Waals surface area contributed by atoms with Crippen LogP contribution in [0.25, 0.3) is 0 Å². The van der Waals surface area contributed by atoms with Crippen LogP contribution in [0.2, 0.25) is 0 Å². The molecule has 1 aliphatic rings. The zero-order chi connectivity index (χ0) is 24.7. The number of aliphatic hydroxyl groups excluding tert-OH is 2. The molecule has 6 nitrogen and oxygen atoms in total. The molecule has 3 aromatic rings. The Morgan fingerprint density at radius 3 is 1.74 bits per heavy atom. The Balaban J connectivity index is 1.76. The summed E-state index contributed by atoms with van der Waals surface area (Å²) in [6, 6.07) is 30.0. The van der Waals surface area contributed by atoms with E-state index >= 15 is 0 Å². The molecule has 0 aliphatic carbocycles. The largest absolute Gasteiger partial charge is 0.387 e. The van der Waals surface area contributed by atoms with Crippen molar-refractivity contribution < 1.29 is 29.2 Å². The molecule has 1 heterocycles. The molecule has 0 unspecified atom stereocenters. The molecule has 184 valence electrons. The smallest absolute Gasteiger partial charge is 0.186 e. The van der Waals surface area contributed by atoms with Gasteiger partial charge in [0.05, 0.1) is 13.2 Å².